The van der Waals surface area contributed by atoms with Gasteiger partial charge in [0, 0.05) is 18.2 Å². The molecule has 0 radical (unpaired) electrons. The maximum Gasteiger partial charge on any atom is 0.213 e. The zero-order chi connectivity index (χ0) is 19.5. The molecule has 0 aliphatic heterocycles. The Morgan fingerprint density at radius 2 is 1.86 bits per heavy atom. The maximum atomic E-state index is 6.05. The summed E-state index contributed by atoms with van der Waals surface area (Å²) in [5.74, 6) is 3.17. The van der Waals surface area contributed by atoms with Crippen molar-refractivity contribution < 1.29 is 4.74 Å². The van der Waals surface area contributed by atoms with E-state index in [1.807, 2.05) is 25.1 Å². The molecule has 0 N–H and O–H groups in total. The van der Waals surface area contributed by atoms with Gasteiger partial charge in [0.25, 0.3) is 0 Å². The number of aromatic nitrogens is 4. The number of aryl methyl sites for hydroxylation is 3. The molecule has 0 spiro atoms. The monoisotopic (exact) mass is 376 g/mol. The molecule has 0 saturated heterocycles. The first-order chi connectivity index (χ1) is 13.7. The molecule has 3 aromatic rings. The summed E-state index contributed by atoms with van der Waals surface area (Å²) in [4.78, 5) is 4.28. The highest BCUT2D eigenvalue weighted by Gasteiger charge is 2.28. The Hall–Kier alpha value is -2.69. The molecule has 5 heteroatoms. The first kappa shape index (κ1) is 18.7. The van der Waals surface area contributed by atoms with Crippen LogP contribution >= 0.6 is 0 Å². The van der Waals surface area contributed by atoms with Crippen molar-refractivity contribution in [1.82, 2.24) is 19.7 Å². The summed E-state index contributed by atoms with van der Waals surface area (Å²) >= 11 is 0. The van der Waals surface area contributed by atoms with Crippen LogP contribution in [-0.2, 0) is 6.42 Å². The fraction of sp³-hybridized carbons (Fsp3) is 0.435. The van der Waals surface area contributed by atoms with Crippen molar-refractivity contribution in [2.75, 3.05) is 0 Å². The van der Waals surface area contributed by atoms with E-state index in [9.17, 15) is 0 Å². The van der Waals surface area contributed by atoms with E-state index in [2.05, 4.69) is 51.8 Å². The van der Waals surface area contributed by atoms with E-state index in [4.69, 9.17) is 4.74 Å². The van der Waals surface area contributed by atoms with Gasteiger partial charge in [-0.2, -0.15) is 0 Å². The number of nitrogens with zero attached hydrogens (tertiary/aromatic N) is 4. The molecule has 2 aromatic heterocycles. The number of benzene rings is 1. The molecule has 1 fully saturated rings. The molecular weight excluding hydrogens is 348 g/mol. The first-order valence-electron chi connectivity index (χ1n) is 10.2. The van der Waals surface area contributed by atoms with Crippen molar-refractivity contribution in [3.8, 4) is 11.6 Å². The lowest BCUT2D eigenvalue weighted by Gasteiger charge is -2.28. The van der Waals surface area contributed by atoms with E-state index in [1.165, 1.54) is 16.8 Å². The Kier molecular flexibility index (Phi) is 5.42. The third kappa shape index (κ3) is 3.79. The average Bonchev–Trinajstić information content (AvgIpc) is 3.10. The first-order valence-corrected chi connectivity index (χ1v) is 10.2. The van der Waals surface area contributed by atoms with Crippen molar-refractivity contribution in [3.05, 3.63) is 65.4 Å². The molecule has 1 saturated carbocycles. The molecule has 0 bridgehead atoms. The van der Waals surface area contributed by atoms with Crippen LogP contribution in [0.1, 0.15) is 61.3 Å². The second-order valence-corrected chi connectivity index (χ2v) is 7.67. The topological polar surface area (TPSA) is 52.8 Å². The lowest BCUT2D eigenvalue weighted by atomic mass is 9.86. The van der Waals surface area contributed by atoms with Crippen LogP contribution < -0.4 is 4.74 Å². The highest BCUT2D eigenvalue weighted by molar-refractivity contribution is 5.44. The molecule has 5 nitrogen and oxygen atoms in total. The summed E-state index contributed by atoms with van der Waals surface area (Å²) in [6.45, 7) is 6.41. The van der Waals surface area contributed by atoms with Crippen molar-refractivity contribution in [1.29, 1.82) is 0 Å². The Morgan fingerprint density at radius 1 is 1.04 bits per heavy atom. The summed E-state index contributed by atoms with van der Waals surface area (Å²) in [5, 5.41) is 8.98. The molecule has 28 heavy (non-hydrogen) atoms. The van der Waals surface area contributed by atoms with Gasteiger partial charge in [-0.1, -0.05) is 25.1 Å². The zero-order valence-electron chi connectivity index (χ0n) is 16.9. The van der Waals surface area contributed by atoms with Gasteiger partial charge in [0.15, 0.2) is 0 Å². The summed E-state index contributed by atoms with van der Waals surface area (Å²) in [6.07, 6.45) is 7.20. The van der Waals surface area contributed by atoms with Gasteiger partial charge in [-0.25, -0.2) is 4.98 Å². The van der Waals surface area contributed by atoms with Gasteiger partial charge in [0.1, 0.15) is 17.8 Å². The van der Waals surface area contributed by atoms with E-state index in [0.29, 0.717) is 5.92 Å². The molecule has 146 valence electrons. The van der Waals surface area contributed by atoms with Gasteiger partial charge in [0.05, 0.1) is 5.69 Å². The van der Waals surface area contributed by atoms with Crippen LogP contribution in [0.3, 0.4) is 0 Å². The second kappa shape index (κ2) is 8.13. The fourth-order valence-corrected chi connectivity index (χ4v) is 4.16. The number of ether oxygens (including phenoxy) is 1. The van der Waals surface area contributed by atoms with Gasteiger partial charge >= 0.3 is 0 Å². The molecule has 1 aliphatic carbocycles. The fourth-order valence-electron chi connectivity index (χ4n) is 4.16. The minimum atomic E-state index is 0.231. The minimum absolute atomic E-state index is 0.231. The molecular formula is C23H28N4O. The van der Waals surface area contributed by atoms with Gasteiger partial charge in [-0.3, -0.25) is 4.57 Å². The van der Waals surface area contributed by atoms with Crippen LogP contribution in [0.2, 0.25) is 0 Å². The van der Waals surface area contributed by atoms with Crippen LogP contribution in [0.15, 0.2) is 42.6 Å². The predicted octanol–water partition coefficient (Wildman–Crippen LogP) is 4.95. The van der Waals surface area contributed by atoms with E-state index < -0.39 is 0 Å². The Morgan fingerprint density at radius 3 is 2.54 bits per heavy atom. The van der Waals surface area contributed by atoms with Crippen molar-refractivity contribution in [2.24, 2.45) is 0 Å². The van der Waals surface area contributed by atoms with Gasteiger partial charge < -0.3 is 4.74 Å². The molecule has 4 rings (SSSR count). The molecule has 0 unspecified atom stereocenters. The number of hydrogen-bond acceptors (Lipinski definition) is 4. The minimum Gasteiger partial charge on any atom is -0.474 e. The Bertz CT molecular complexity index is 927. The van der Waals surface area contributed by atoms with Crippen LogP contribution in [0.4, 0.5) is 0 Å². The highest BCUT2D eigenvalue weighted by Crippen LogP contribution is 2.35. The van der Waals surface area contributed by atoms with E-state index >= 15 is 0 Å². The van der Waals surface area contributed by atoms with Crippen molar-refractivity contribution in [2.45, 2.75) is 64.9 Å². The summed E-state index contributed by atoms with van der Waals surface area (Å²) < 4.78 is 8.30. The van der Waals surface area contributed by atoms with Gasteiger partial charge in [-0.05, 0) is 69.2 Å². The molecule has 0 atom stereocenters. The van der Waals surface area contributed by atoms with Gasteiger partial charge in [-0.15, -0.1) is 10.2 Å². The molecule has 2 heterocycles. The number of pyridine rings is 1. The summed E-state index contributed by atoms with van der Waals surface area (Å²) in [5.41, 5.74) is 3.83. The molecule has 0 amide bonds. The Labute approximate surface area is 166 Å². The van der Waals surface area contributed by atoms with Crippen molar-refractivity contribution >= 4 is 0 Å². The van der Waals surface area contributed by atoms with Crippen LogP contribution in [0, 0.1) is 13.8 Å². The van der Waals surface area contributed by atoms with Crippen molar-refractivity contribution in [3.63, 3.8) is 0 Å². The van der Waals surface area contributed by atoms with E-state index in [0.717, 1.165) is 49.6 Å². The van der Waals surface area contributed by atoms with Crippen LogP contribution in [0.5, 0.6) is 5.88 Å². The lowest BCUT2D eigenvalue weighted by Crippen LogP contribution is -2.25. The van der Waals surface area contributed by atoms with Crippen LogP contribution in [0.25, 0.3) is 5.69 Å². The second-order valence-electron chi connectivity index (χ2n) is 7.67. The number of hydrogen-bond donors (Lipinski definition) is 0. The Balaban J connectivity index is 1.51. The van der Waals surface area contributed by atoms with E-state index in [-0.39, 0.29) is 6.10 Å². The lowest BCUT2D eigenvalue weighted by molar-refractivity contribution is 0.139. The van der Waals surface area contributed by atoms with Gasteiger partial charge in [0.2, 0.25) is 5.88 Å². The average molecular weight is 377 g/mol. The highest BCUT2D eigenvalue weighted by atomic mass is 16.5. The summed E-state index contributed by atoms with van der Waals surface area (Å²) in [6, 6.07) is 12.5. The standard InChI is InChI=1S/C23H28N4O/c1-4-18-8-13-21(16(2)15-18)27-17(3)25-26-23(27)19-9-11-20(12-10-19)28-22-7-5-6-14-24-22/h5-8,13-15,19-20H,4,9-12H2,1-3H3/t19-,20-. The largest absolute Gasteiger partial charge is 0.474 e. The maximum absolute atomic E-state index is 6.05. The molecule has 1 aromatic carbocycles. The third-order valence-electron chi connectivity index (χ3n) is 5.72. The zero-order valence-corrected chi connectivity index (χ0v) is 16.9. The summed E-state index contributed by atoms with van der Waals surface area (Å²) in [7, 11) is 0. The third-order valence-corrected chi connectivity index (χ3v) is 5.72. The predicted molar refractivity (Wildman–Crippen MR) is 110 cm³/mol. The molecule has 1 aliphatic rings. The van der Waals surface area contributed by atoms with E-state index in [1.54, 1.807) is 6.20 Å². The number of rotatable bonds is 5. The normalized spacial score (nSPS) is 19.5. The van der Waals surface area contributed by atoms with Crippen LogP contribution in [-0.4, -0.2) is 25.9 Å². The smallest absolute Gasteiger partial charge is 0.213 e. The quantitative estimate of drug-likeness (QED) is 0.632. The SMILES string of the molecule is CCc1ccc(-n2c(C)nnc2[C@H]2CC[C@H](Oc3ccccn3)CC2)c(C)c1.